The molecule has 2 bridgehead atoms. The highest BCUT2D eigenvalue weighted by Gasteiger charge is 2.53. The van der Waals surface area contributed by atoms with Crippen LogP contribution in [-0.4, -0.2) is 58.9 Å². The largest absolute Gasteiger partial charge is 0.444 e. The maximum Gasteiger partial charge on any atom is 0.411 e. The summed E-state index contributed by atoms with van der Waals surface area (Å²) in [5, 5.41) is 0. The van der Waals surface area contributed by atoms with Crippen molar-refractivity contribution in [1.29, 1.82) is 0 Å². The Morgan fingerprint density at radius 1 is 1.47 bits per heavy atom. The van der Waals surface area contributed by atoms with Crippen LogP contribution >= 0.6 is 0 Å². The summed E-state index contributed by atoms with van der Waals surface area (Å²) in [6.45, 7) is 6.36. The summed E-state index contributed by atoms with van der Waals surface area (Å²) in [4.78, 5) is 37.7. The smallest absolute Gasteiger partial charge is 0.411 e. The Labute approximate surface area is 112 Å². The molecule has 106 valence electrons. The van der Waals surface area contributed by atoms with E-state index >= 15 is 0 Å². The Kier molecular flexibility index (Phi) is 3.52. The lowest BCUT2D eigenvalue weighted by Crippen LogP contribution is -2.73. The average molecular weight is 268 g/mol. The van der Waals surface area contributed by atoms with Crippen LogP contribution in [0.5, 0.6) is 0 Å². The molecular formula is C13H20N2O4. The number of piperazine rings is 1. The second-order valence-corrected chi connectivity index (χ2v) is 6.03. The van der Waals surface area contributed by atoms with E-state index in [1.54, 1.807) is 25.7 Å². The standard InChI is InChI=1S/C13H20N2O4/c1-13(2,3)19-12(18)15-9-7-10(15)11(17)14(8-9)5-4-6-16/h6,9-10H,4-5,7-8H2,1-3H3. The van der Waals surface area contributed by atoms with Gasteiger partial charge in [0.1, 0.15) is 17.9 Å². The first-order valence-corrected chi connectivity index (χ1v) is 6.57. The van der Waals surface area contributed by atoms with Crippen molar-refractivity contribution in [2.75, 3.05) is 13.1 Å². The summed E-state index contributed by atoms with van der Waals surface area (Å²) in [6.07, 6.45) is 1.43. The molecule has 19 heavy (non-hydrogen) atoms. The van der Waals surface area contributed by atoms with Crippen LogP contribution in [0.1, 0.15) is 33.6 Å². The molecule has 3 heterocycles. The number of nitrogens with zero attached hydrogens (tertiary/aromatic N) is 2. The molecule has 0 radical (unpaired) electrons. The second-order valence-electron chi connectivity index (χ2n) is 6.03. The van der Waals surface area contributed by atoms with Gasteiger partial charge in [0.25, 0.3) is 0 Å². The lowest BCUT2D eigenvalue weighted by Gasteiger charge is -2.54. The van der Waals surface area contributed by atoms with Gasteiger partial charge in [-0.05, 0) is 27.2 Å². The SMILES string of the molecule is CC(C)(C)OC(=O)N1C2CC1C(=O)N(CCC=O)C2. The molecule has 2 atom stereocenters. The van der Waals surface area contributed by atoms with Gasteiger partial charge < -0.3 is 14.4 Å². The molecule has 0 N–H and O–H groups in total. The zero-order chi connectivity index (χ0) is 14.2. The van der Waals surface area contributed by atoms with E-state index in [2.05, 4.69) is 0 Å². The van der Waals surface area contributed by atoms with E-state index in [1.807, 2.05) is 0 Å². The minimum atomic E-state index is -0.554. The Balaban J connectivity index is 1.97. The number of aldehydes is 1. The van der Waals surface area contributed by atoms with Gasteiger partial charge >= 0.3 is 6.09 Å². The summed E-state index contributed by atoms with van der Waals surface area (Å²) in [6, 6.07) is -0.371. The van der Waals surface area contributed by atoms with E-state index in [9.17, 15) is 14.4 Å². The van der Waals surface area contributed by atoms with E-state index in [1.165, 1.54) is 4.90 Å². The zero-order valence-corrected chi connectivity index (χ0v) is 11.6. The molecular weight excluding hydrogens is 248 g/mol. The predicted octanol–water partition coefficient (Wildman–Crippen LogP) is 0.796. The van der Waals surface area contributed by atoms with Crippen LogP contribution in [0, 0.1) is 0 Å². The van der Waals surface area contributed by atoms with Crippen molar-refractivity contribution in [3.63, 3.8) is 0 Å². The predicted molar refractivity (Wildman–Crippen MR) is 67.5 cm³/mol. The Morgan fingerprint density at radius 2 is 2.16 bits per heavy atom. The van der Waals surface area contributed by atoms with Crippen molar-refractivity contribution in [2.24, 2.45) is 0 Å². The molecule has 3 aliphatic rings. The summed E-state index contributed by atoms with van der Waals surface area (Å²) < 4.78 is 5.30. The van der Waals surface area contributed by atoms with Crippen molar-refractivity contribution in [2.45, 2.75) is 51.3 Å². The summed E-state index contributed by atoms with van der Waals surface area (Å²) in [5.41, 5.74) is -0.554. The van der Waals surface area contributed by atoms with E-state index in [-0.39, 0.29) is 11.9 Å². The fourth-order valence-corrected chi connectivity index (χ4v) is 2.54. The zero-order valence-electron chi connectivity index (χ0n) is 11.6. The van der Waals surface area contributed by atoms with E-state index in [4.69, 9.17) is 4.74 Å². The van der Waals surface area contributed by atoms with Crippen LogP contribution < -0.4 is 0 Å². The topological polar surface area (TPSA) is 66.9 Å². The first-order chi connectivity index (χ1) is 8.83. The highest BCUT2D eigenvalue weighted by molar-refractivity contribution is 5.89. The molecule has 2 amide bonds. The number of hydrogen-bond acceptors (Lipinski definition) is 4. The fourth-order valence-electron chi connectivity index (χ4n) is 2.54. The normalized spacial score (nSPS) is 25.9. The minimum absolute atomic E-state index is 0.0317. The number of amides is 2. The van der Waals surface area contributed by atoms with Gasteiger partial charge in [0, 0.05) is 19.5 Å². The van der Waals surface area contributed by atoms with Crippen molar-refractivity contribution in [1.82, 2.24) is 9.80 Å². The molecule has 3 aliphatic heterocycles. The number of carbonyl (C=O) groups is 3. The lowest BCUT2D eigenvalue weighted by molar-refractivity contribution is -0.157. The number of ether oxygens (including phenoxy) is 1. The van der Waals surface area contributed by atoms with Gasteiger partial charge in [-0.25, -0.2) is 4.79 Å². The van der Waals surface area contributed by atoms with Crippen LogP contribution in [0.3, 0.4) is 0 Å². The maximum absolute atomic E-state index is 12.1. The van der Waals surface area contributed by atoms with E-state index in [0.717, 1.165) is 6.29 Å². The maximum atomic E-state index is 12.1. The molecule has 6 heteroatoms. The van der Waals surface area contributed by atoms with Crippen LogP contribution in [0.15, 0.2) is 0 Å². The van der Waals surface area contributed by atoms with Gasteiger partial charge in [-0.1, -0.05) is 0 Å². The minimum Gasteiger partial charge on any atom is -0.444 e. The first-order valence-electron chi connectivity index (χ1n) is 6.57. The van der Waals surface area contributed by atoms with Gasteiger partial charge in [0.2, 0.25) is 5.91 Å². The van der Waals surface area contributed by atoms with Gasteiger partial charge in [-0.3, -0.25) is 9.69 Å². The van der Waals surface area contributed by atoms with Crippen LogP contribution in [-0.2, 0) is 14.3 Å². The molecule has 3 fully saturated rings. The van der Waals surface area contributed by atoms with Gasteiger partial charge in [-0.2, -0.15) is 0 Å². The Bertz CT molecular complexity index is 402. The van der Waals surface area contributed by atoms with Gasteiger partial charge in [0.05, 0.1) is 6.04 Å². The second kappa shape index (κ2) is 4.83. The van der Waals surface area contributed by atoms with E-state index in [0.29, 0.717) is 25.9 Å². The van der Waals surface area contributed by atoms with Crippen LogP contribution in [0.2, 0.25) is 0 Å². The average Bonchev–Trinajstić information content (AvgIpc) is 2.23. The highest BCUT2D eigenvalue weighted by atomic mass is 16.6. The molecule has 6 nitrogen and oxygen atoms in total. The molecule has 3 saturated heterocycles. The quantitative estimate of drug-likeness (QED) is 0.710. The van der Waals surface area contributed by atoms with Gasteiger partial charge in [0.15, 0.2) is 0 Å². The molecule has 2 unspecified atom stereocenters. The van der Waals surface area contributed by atoms with Crippen molar-refractivity contribution >= 4 is 18.3 Å². The number of fused-ring (bicyclic) bond motifs is 2. The molecule has 0 aromatic heterocycles. The third-order valence-corrected chi connectivity index (χ3v) is 3.37. The van der Waals surface area contributed by atoms with E-state index < -0.39 is 17.7 Å². The molecule has 0 aromatic rings. The third-order valence-electron chi connectivity index (χ3n) is 3.37. The monoisotopic (exact) mass is 268 g/mol. The fraction of sp³-hybridized carbons (Fsp3) is 0.769. The van der Waals surface area contributed by atoms with Crippen molar-refractivity contribution in [3.8, 4) is 0 Å². The number of carbonyl (C=O) groups excluding carboxylic acids is 3. The third kappa shape index (κ3) is 2.72. The highest BCUT2D eigenvalue weighted by Crippen LogP contribution is 2.34. The molecule has 0 spiro atoms. The number of piperidine rings is 1. The first kappa shape index (κ1) is 13.8. The molecule has 0 aliphatic carbocycles. The molecule has 0 aromatic carbocycles. The number of rotatable bonds is 3. The Hall–Kier alpha value is -1.59. The van der Waals surface area contributed by atoms with Gasteiger partial charge in [-0.15, -0.1) is 0 Å². The molecule has 3 rings (SSSR count). The van der Waals surface area contributed by atoms with Crippen molar-refractivity contribution < 1.29 is 19.1 Å². The summed E-state index contributed by atoms with van der Waals surface area (Å²) in [7, 11) is 0. The summed E-state index contributed by atoms with van der Waals surface area (Å²) >= 11 is 0. The Morgan fingerprint density at radius 3 is 2.68 bits per heavy atom. The van der Waals surface area contributed by atoms with Crippen molar-refractivity contribution in [3.05, 3.63) is 0 Å². The summed E-state index contributed by atoms with van der Waals surface area (Å²) in [5.74, 6) is -0.0739. The lowest BCUT2D eigenvalue weighted by atomic mass is 9.87. The number of hydrogen-bond donors (Lipinski definition) is 0. The molecule has 0 saturated carbocycles. The van der Waals surface area contributed by atoms with Crippen LogP contribution in [0.25, 0.3) is 0 Å². The van der Waals surface area contributed by atoms with Crippen LogP contribution in [0.4, 0.5) is 4.79 Å².